The van der Waals surface area contributed by atoms with Gasteiger partial charge in [-0.25, -0.2) is 0 Å². The van der Waals surface area contributed by atoms with E-state index in [-0.39, 0.29) is 6.54 Å². The molecule has 9 heavy (non-hydrogen) atoms. The standard InChI is InChI=1S/C2H7NO2.NO3/c3-1-2(4)5;2-1(3)4/h2,4-5H,1,3H2;/q;-1/p+1. The number of hydrogen-bond donors (Lipinski definition) is 3. The van der Waals surface area contributed by atoms with Crippen molar-refractivity contribution in [3.8, 4) is 0 Å². The monoisotopic (exact) mass is 140 g/mol. The SMILES string of the molecule is O=[N+]([O-])[O-].[NH3+]CC(O)O. The maximum absolute atomic E-state index is 8.25. The van der Waals surface area contributed by atoms with E-state index in [0.717, 1.165) is 0 Å². The molecule has 0 amide bonds. The maximum atomic E-state index is 8.25. The molecule has 0 saturated heterocycles. The summed E-state index contributed by atoms with van der Waals surface area (Å²) in [6.45, 7) is 0.167. The highest BCUT2D eigenvalue weighted by Crippen LogP contribution is 1.56. The van der Waals surface area contributed by atoms with Crippen LogP contribution < -0.4 is 5.73 Å². The molecule has 0 aliphatic heterocycles. The molecule has 0 aromatic carbocycles. The highest BCUT2D eigenvalue weighted by Gasteiger charge is 1.87. The van der Waals surface area contributed by atoms with Crippen LogP contribution in [0, 0.1) is 15.3 Å². The van der Waals surface area contributed by atoms with Crippen LogP contribution in [0.4, 0.5) is 0 Å². The first-order valence-corrected chi connectivity index (χ1v) is 1.97. The molecular weight excluding hydrogens is 132 g/mol. The smallest absolute Gasteiger partial charge is 0.202 e. The predicted octanol–water partition coefficient (Wildman–Crippen LogP) is -2.70. The second-order valence-electron chi connectivity index (χ2n) is 0.993. The van der Waals surface area contributed by atoms with Crippen molar-refractivity contribution in [2.24, 2.45) is 0 Å². The Morgan fingerprint density at radius 3 is 1.67 bits per heavy atom. The molecule has 0 saturated carbocycles. The van der Waals surface area contributed by atoms with E-state index in [2.05, 4.69) is 5.73 Å². The molecule has 0 bridgehead atoms. The molecule has 0 aromatic rings. The number of aliphatic hydroxyl groups is 2. The fourth-order valence-electron chi connectivity index (χ4n) is 0. The summed E-state index contributed by atoms with van der Waals surface area (Å²) in [7, 11) is 0. The third kappa shape index (κ3) is 157. The summed E-state index contributed by atoms with van der Waals surface area (Å²) in [5.41, 5.74) is 3.19. The minimum atomic E-state index is -1.75. The van der Waals surface area contributed by atoms with Crippen LogP contribution >= 0.6 is 0 Å². The van der Waals surface area contributed by atoms with Gasteiger partial charge >= 0.3 is 0 Å². The zero-order valence-electron chi connectivity index (χ0n) is 4.56. The summed E-state index contributed by atoms with van der Waals surface area (Å²) in [6.07, 6.45) is -1.23. The van der Waals surface area contributed by atoms with E-state index in [9.17, 15) is 0 Å². The highest BCUT2D eigenvalue weighted by molar-refractivity contribution is 4.18. The van der Waals surface area contributed by atoms with Crippen molar-refractivity contribution in [2.75, 3.05) is 6.54 Å². The maximum Gasteiger partial charge on any atom is 0.202 e. The van der Waals surface area contributed by atoms with Gasteiger partial charge in [0.2, 0.25) is 6.29 Å². The Labute approximate surface area is 50.4 Å². The molecular formula is C2H8N2O5. The molecule has 0 aliphatic carbocycles. The second-order valence-corrected chi connectivity index (χ2v) is 0.993. The third-order valence-corrected chi connectivity index (χ3v) is 0.258. The zero-order valence-corrected chi connectivity index (χ0v) is 4.56. The summed E-state index contributed by atoms with van der Waals surface area (Å²) >= 11 is 0. The van der Waals surface area contributed by atoms with Gasteiger partial charge in [-0.15, -0.1) is 0 Å². The minimum absolute atomic E-state index is 0.167. The van der Waals surface area contributed by atoms with E-state index in [1.54, 1.807) is 0 Å². The Balaban J connectivity index is 0. The summed E-state index contributed by atoms with van der Waals surface area (Å²) in [5.74, 6) is 0. The molecule has 0 spiro atoms. The van der Waals surface area contributed by atoms with Gasteiger partial charge in [-0.3, -0.25) is 0 Å². The van der Waals surface area contributed by atoms with Crippen molar-refractivity contribution in [3.05, 3.63) is 15.3 Å². The summed E-state index contributed by atoms with van der Waals surface area (Å²) in [6, 6.07) is 0. The molecule has 56 valence electrons. The van der Waals surface area contributed by atoms with Crippen LogP contribution in [0.25, 0.3) is 0 Å². The van der Waals surface area contributed by atoms with Gasteiger partial charge in [0.1, 0.15) is 6.54 Å². The number of nitrogens with zero attached hydrogens (tertiary/aromatic N) is 1. The van der Waals surface area contributed by atoms with Crippen molar-refractivity contribution >= 4 is 0 Å². The molecule has 7 heteroatoms. The Morgan fingerprint density at radius 1 is 1.56 bits per heavy atom. The van der Waals surface area contributed by atoms with Crippen LogP contribution in [0.2, 0.25) is 0 Å². The van der Waals surface area contributed by atoms with Gasteiger partial charge in [0.15, 0.2) is 0 Å². The van der Waals surface area contributed by atoms with Crippen molar-refractivity contribution in [1.29, 1.82) is 0 Å². The van der Waals surface area contributed by atoms with Gasteiger partial charge in [-0.05, 0) is 0 Å². The summed E-state index contributed by atoms with van der Waals surface area (Å²) < 4.78 is 0. The Morgan fingerprint density at radius 2 is 1.67 bits per heavy atom. The largest absolute Gasteiger partial charge is 0.364 e. The first-order chi connectivity index (χ1) is 4.00. The van der Waals surface area contributed by atoms with Crippen LogP contribution in [0.3, 0.4) is 0 Å². The lowest BCUT2D eigenvalue weighted by molar-refractivity contribution is -0.402. The molecule has 0 aromatic heterocycles. The third-order valence-electron chi connectivity index (χ3n) is 0.258. The van der Waals surface area contributed by atoms with Crippen LogP contribution in [0.15, 0.2) is 0 Å². The minimum Gasteiger partial charge on any atom is -0.364 e. The van der Waals surface area contributed by atoms with Crippen molar-refractivity contribution in [1.82, 2.24) is 0 Å². The van der Waals surface area contributed by atoms with Gasteiger partial charge in [0.05, 0.1) is 5.09 Å². The van der Waals surface area contributed by atoms with E-state index in [4.69, 9.17) is 25.5 Å². The number of hydrogen-bond acceptors (Lipinski definition) is 5. The van der Waals surface area contributed by atoms with Crippen LogP contribution in [-0.2, 0) is 0 Å². The van der Waals surface area contributed by atoms with Crippen LogP contribution in [0.1, 0.15) is 0 Å². The lowest BCUT2D eigenvalue weighted by Crippen LogP contribution is -2.55. The molecule has 0 radical (unpaired) electrons. The van der Waals surface area contributed by atoms with Crippen molar-refractivity contribution in [2.45, 2.75) is 6.29 Å². The average molecular weight is 140 g/mol. The van der Waals surface area contributed by atoms with Gasteiger partial charge in [0, 0.05) is 0 Å². The molecule has 0 rings (SSSR count). The van der Waals surface area contributed by atoms with Crippen molar-refractivity contribution < 1.29 is 21.0 Å². The van der Waals surface area contributed by atoms with Gasteiger partial charge < -0.3 is 31.3 Å². The summed E-state index contributed by atoms with van der Waals surface area (Å²) in [5, 5.41) is 30.5. The fraction of sp³-hybridized carbons (Fsp3) is 1.00. The predicted molar refractivity (Wildman–Crippen MR) is 26.3 cm³/mol. The van der Waals surface area contributed by atoms with E-state index in [1.165, 1.54) is 0 Å². The van der Waals surface area contributed by atoms with E-state index < -0.39 is 11.4 Å². The molecule has 0 aliphatic rings. The van der Waals surface area contributed by atoms with E-state index >= 15 is 0 Å². The second kappa shape index (κ2) is 7.08. The number of quaternary nitrogens is 1. The molecule has 0 unspecified atom stereocenters. The highest BCUT2D eigenvalue weighted by atomic mass is 16.9. The van der Waals surface area contributed by atoms with Crippen LogP contribution in [-0.4, -0.2) is 28.1 Å². The average Bonchev–Trinajstić information content (AvgIpc) is 1.65. The Bertz CT molecular complexity index is 69.4. The zero-order chi connectivity index (χ0) is 7.86. The van der Waals surface area contributed by atoms with E-state index in [0.29, 0.717) is 0 Å². The fourth-order valence-corrected chi connectivity index (χ4v) is 0. The molecule has 0 fully saturated rings. The van der Waals surface area contributed by atoms with Gasteiger partial charge in [-0.2, -0.15) is 0 Å². The molecule has 0 atom stereocenters. The summed E-state index contributed by atoms with van der Waals surface area (Å²) in [4.78, 5) is 8.25. The molecule has 5 N–H and O–H groups in total. The lowest BCUT2D eigenvalue weighted by atomic mass is 10.7. The quantitative estimate of drug-likeness (QED) is 0.207. The molecule has 7 nitrogen and oxygen atoms in total. The molecule has 0 heterocycles. The first kappa shape index (κ1) is 11.0. The van der Waals surface area contributed by atoms with Crippen molar-refractivity contribution in [3.63, 3.8) is 0 Å². The topological polar surface area (TPSA) is 134 Å². The van der Waals surface area contributed by atoms with Gasteiger partial charge in [-0.1, -0.05) is 0 Å². The number of aliphatic hydroxyl groups excluding tert-OH is 1. The Hall–Kier alpha value is -0.920. The van der Waals surface area contributed by atoms with Crippen LogP contribution in [0.5, 0.6) is 0 Å². The number of rotatable bonds is 1. The van der Waals surface area contributed by atoms with Gasteiger partial charge in [0.25, 0.3) is 0 Å². The normalized spacial score (nSPS) is 8.00. The first-order valence-electron chi connectivity index (χ1n) is 1.97. The Kier molecular flexibility index (Phi) is 8.62. The van der Waals surface area contributed by atoms with E-state index in [1.807, 2.05) is 0 Å². The lowest BCUT2D eigenvalue weighted by Gasteiger charge is -1.87.